The zero-order valence-corrected chi connectivity index (χ0v) is 11.8. The summed E-state index contributed by atoms with van der Waals surface area (Å²) in [5, 5.41) is 8.42. The van der Waals surface area contributed by atoms with Crippen LogP contribution in [0.25, 0.3) is 0 Å². The molecule has 1 rings (SSSR count). The van der Waals surface area contributed by atoms with Crippen LogP contribution < -0.4 is 4.74 Å². The van der Waals surface area contributed by atoms with Crippen LogP contribution in [0.5, 0.6) is 5.75 Å². The first-order valence-corrected chi connectivity index (χ1v) is 6.27. The number of esters is 1. The van der Waals surface area contributed by atoms with E-state index in [1.807, 2.05) is 6.07 Å². The minimum atomic E-state index is -3.08. The van der Waals surface area contributed by atoms with E-state index in [0.29, 0.717) is 0 Å². The minimum Gasteiger partial charge on any atom is -0.452 e. The number of hydrogen-bond acceptors (Lipinski definition) is 5. The molecule has 8 heteroatoms. The topological polar surface area (TPSA) is 79.6 Å². The summed E-state index contributed by atoms with van der Waals surface area (Å²) in [5.74, 6) is -1.78. The van der Waals surface area contributed by atoms with Gasteiger partial charge in [-0.2, -0.15) is 14.0 Å². The fraction of sp³-hybridized carbons (Fsp3) is 0.357. The summed E-state index contributed by atoms with van der Waals surface area (Å²) in [4.78, 5) is 24.7. The minimum absolute atomic E-state index is 0.154. The van der Waals surface area contributed by atoms with Gasteiger partial charge in [0.25, 0.3) is 5.91 Å². The maximum absolute atomic E-state index is 12.2. The van der Waals surface area contributed by atoms with Gasteiger partial charge in [-0.3, -0.25) is 4.79 Å². The lowest BCUT2D eigenvalue weighted by Gasteiger charge is -2.15. The molecule has 0 radical (unpaired) electrons. The van der Waals surface area contributed by atoms with Crippen molar-refractivity contribution in [1.82, 2.24) is 4.90 Å². The van der Waals surface area contributed by atoms with Gasteiger partial charge in [0.2, 0.25) is 0 Å². The molecule has 0 atom stereocenters. The number of nitriles is 1. The first kappa shape index (κ1) is 17.4. The Morgan fingerprint density at radius 3 is 2.68 bits per heavy atom. The summed E-state index contributed by atoms with van der Waals surface area (Å²) in [6.07, 6.45) is 0.154. The number of hydrogen-bond donors (Lipinski definition) is 0. The molecule has 0 unspecified atom stereocenters. The van der Waals surface area contributed by atoms with E-state index in [2.05, 4.69) is 4.74 Å². The van der Waals surface area contributed by atoms with Crippen LogP contribution in [0.2, 0.25) is 0 Å². The zero-order valence-electron chi connectivity index (χ0n) is 11.8. The van der Waals surface area contributed by atoms with E-state index in [-0.39, 0.29) is 24.3 Å². The number of alkyl halides is 2. The molecule has 0 aliphatic rings. The molecule has 0 bridgehead atoms. The molecule has 1 aromatic carbocycles. The van der Waals surface area contributed by atoms with E-state index in [9.17, 15) is 18.4 Å². The highest BCUT2D eigenvalue weighted by Gasteiger charge is 2.18. The molecule has 0 aliphatic heterocycles. The van der Waals surface area contributed by atoms with Crippen molar-refractivity contribution in [3.63, 3.8) is 0 Å². The Morgan fingerprint density at radius 1 is 1.36 bits per heavy atom. The first-order chi connectivity index (χ1) is 10.5. The summed E-state index contributed by atoms with van der Waals surface area (Å²) >= 11 is 0. The van der Waals surface area contributed by atoms with Crippen LogP contribution in [0, 0.1) is 11.3 Å². The van der Waals surface area contributed by atoms with Gasteiger partial charge in [-0.05, 0) is 12.1 Å². The van der Waals surface area contributed by atoms with Crippen molar-refractivity contribution in [3.8, 4) is 11.8 Å². The van der Waals surface area contributed by atoms with Crippen molar-refractivity contribution >= 4 is 11.9 Å². The van der Waals surface area contributed by atoms with Crippen molar-refractivity contribution in [2.45, 2.75) is 13.0 Å². The number of carbonyl (C=O) groups excluding carboxylic acids is 2. The highest BCUT2D eigenvalue weighted by atomic mass is 19.3. The number of benzene rings is 1. The van der Waals surface area contributed by atoms with E-state index >= 15 is 0 Å². The summed E-state index contributed by atoms with van der Waals surface area (Å²) in [5.41, 5.74) is -0.199. The second kappa shape index (κ2) is 8.56. The van der Waals surface area contributed by atoms with E-state index in [1.54, 1.807) is 0 Å². The molecule has 0 saturated carbocycles. The van der Waals surface area contributed by atoms with Gasteiger partial charge in [-0.15, -0.1) is 0 Å². The molecule has 118 valence electrons. The van der Waals surface area contributed by atoms with Gasteiger partial charge >= 0.3 is 12.6 Å². The van der Waals surface area contributed by atoms with Crippen LogP contribution in [0.3, 0.4) is 0 Å². The Morgan fingerprint density at radius 2 is 2.05 bits per heavy atom. The molecule has 0 fully saturated rings. The number of halogens is 2. The number of ether oxygens (including phenoxy) is 2. The van der Waals surface area contributed by atoms with Crippen LogP contribution in [-0.4, -0.2) is 43.6 Å². The van der Waals surface area contributed by atoms with Gasteiger partial charge in [0.1, 0.15) is 11.3 Å². The molecule has 1 amide bonds. The normalized spacial score (nSPS) is 9.95. The molecule has 0 spiro atoms. The molecule has 0 N–H and O–H groups in total. The number of rotatable bonds is 7. The van der Waals surface area contributed by atoms with Gasteiger partial charge in [0, 0.05) is 13.6 Å². The average Bonchev–Trinajstić information content (AvgIpc) is 2.49. The Labute approximate surface area is 125 Å². The van der Waals surface area contributed by atoms with Gasteiger partial charge in [0.15, 0.2) is 6.61 Å². The predicted octanol–water partition coefficient (Wildman–Crippen LogP) is 1.82. The Bertz CT molecular complexity index is 572. The smallest absolute Gasteiger partial charge is 0.387 e. The summed E-state index contributed by atoms with van der Waals surface area (Å²) in [7, 11) is 1.46. The maximum Gasteiger partial charge on any atom is 0.387 e. The fourth-order valence-electron chi connectivity index (χ4n) is 1.49. The van der Waals surface area contributed by atoms with Gasteiger partial charge in [-0.1, -0.05) is 12.1 Å². The van der Waals surface area contributed by atoms with Crippen molar-refractivity contribution in [3.05, 3.63) is 29.8 Å². The van der Waals surface area contributed by atoms with Crippen LogP contribution in [0.15, 0.2) is 24.3 Å². The second-order valence-electron chi connectivity index (χ2n) is 4.17. The standard InChI is InChI=1S/C14H14F2N2O4/c1-18(8-4-7-17)12(19)9-21-13(20)10-5-2-3-6-11(10)22-14(15)16/h2-3,5-6,14H,4,8-9H2,1H3. The molecule has 1 aromatic rings. The van der Waals surface area contributed by atoms with Crippen LogP contribution >= 0.6 is 0 Å². The lowest BCUT2D eigenvalue weighted by Crippen LogP contribution is -2.32. The Balaban J connectivity index is 2.63. The zero-order chi connectivity index (χ0) is 16.5. The largest absolute Gasteiger partial charge is 0.452 e. The number of nitrogens with zero attached hydrogens (tertiary/aromatic N) is 2. The van der Waals surface area contributed by atoms with Crippen LogP contribution in [-0.2, 0) is 9.53 Å². The molecule has 22 heavy (non-hydrogen) atoms. The van der Waals surface area contributed by atoms with E-state index in [0.717, 1.165) is 0 Å². The van der Waals surface area contributed by atoms with E-state index < -0.39 is 25.1 Å². The molecular weight excluding hydrogens is 298 g/mol. The van der Waals surface area contributed by atoms with Crippen LogP contribution in [0.1, 0.15) is 16.8 Å². The predicted molar refractivity (Wildman–Crippen MR) is 71.2 cm³/mol. The van der Waals surface area contributed by atoms with Crippen molar-refractivity contribution in [2.24, 2.45) is 0 Å². The van der Waals surface area contributed by atoms with Crippen molar-refractivity contribution < 1.29 is 27.8 Å². The lowest BCUT2D eigenvalue weighted by molar-refractivity contribution is -0.133. The van der Waals surface area contributed by atoms with Gasteiger partial charge in [0.05, 0.1) is 12.5 Å². The summed E-state index contributed by atoms with van der Waals surface area (Å²) in [6, 6.07) is 7.21. The molecule has 0 aromatic heterocycles. The number of para-hydroxylation sites is 1. The van der Waals surface area contributed by atoms with Gasteiger partial charge < -0.3 is 14.4 Å². The van der Waals surface area contributed by atoms with Crippen molar-refractivity contribution in [1.29, 1.82) is 5.26 Å². The monoisotopic (exact) mass is 312 g/mol. The summed E-state index contributed by atoms with van der Waals surface area (Å²) in [6.45, 7) is -3.42. The SMILES string of the molecule is CN(CCC#N)C(=O)COC(=O)c1ccccc1OC(F)F. The Hall–Kier alpha value is -2.69. The fourth-order valence-corrected chi connectivity index (χ4v) is 1.49. The molecule has 0 heterocycles. The molecule has 0 aliphatic carbocycles. The molecular formula is C14H14F2N2O4. The highest BCUT2D eigenvalue weighted by Crippen LogP contribution is 2.21. The molecule has 6 nitrogen and oxygen atoms in total. The third-order valence-corrected chi connectivity index (χ3v) is 2.63. The van der Waals surface area contributed by atoms with Crippen molar-refractivity contribution in [2.75, 3.05) is 20.2 Å². The highest BCUT2D eigenvalue weighted by molar-refractivity contribution is 5.93. The molecule has 0 saturated heterocycles. The lowest BCUT2D eigenvalue weighted by atomic mass is 10.2. The van der Waals surface area contributed by atoms with E-state index in [4.69, 9.17) is 10.00 Å². The maximum atomic E-state index is 12.2. The third-order valence-electron chi connectivity index (χ3n) is 2.63. The number of likely N-dealkylation sites (N-methyl/N-ethyl adjacent to an activating group) is 1. The quantitative estimate of drug-likeness (QED) is 0.717. The van der Waals surface area contributed by atoms with Crippen LogP contribution in [0.4, 0.5) is 8.78 Å². The second-order valence-corrected chi connectivity index (χ2v) is 4.17. The first-order valence-electron chi connectivity index (χ1n) is 6.27. The number of amides is 1. The average molecular weight is 312 g/mol. The third kappa shape index (κ3) is 5.36. The summed E-state index contributed by atoms with van der Waals surface area (Å²) < 4.78 is 33.5. The van der Waals surface area contributed by atoms with E-state index in [1.165, 1.54) is 36.2 Å². The Kier molecular flexibility index (Phi) is 6.76. The van der Waals surface area contributed by atoms with Gasteiger partial charge in [-0.25, -0.2) is 4.79 Å². The number of carbonyl (C=O) groups is 2.